The van der Waals surface area contributed by atoms with Gasteiger partial charge in [0.1, 0.15) is 5.78 Å². The first-order valence-corrected chi connectivity index (χ1v) is 12.5. The maximum atomic E-state index is 13.3. The van der Waals surface area contributed by atoms with Crippen molar-refractivity contribution in [2.45, 2.75) is 98.8 Å². The molecule has 0 aromatic carbocycles. The predicted octanol–water partition coefficient (Wildman–Crippen LogP) is 7.45. The van der Waals surface area contributed by atoms with Crippen LogP contribution in [0.5, 0.6) is 0 Å². The van der Waals surface area contributed by atoms with Gasteiger partial charge in [-0.15, -0.1) is 0 Å². The summed E-state index contributed by atoms with van der Waals surface area (Å²) in [6.45, 7) is 12.0. The monoisotopic (exact) mass is 384 g/mol. The van der Waals surface area contributed by atoms with Crippen LogP contribution in [-0.4, -0.2) is 5.78 Å². The minimum Gasteiger partial charge on any atom is -0.299 e. The van der Waals surface area contributed by atoms with E-state index < -0.39 is 0 Å². The lowest BCUT2D eigenvalue weighted by Gasteiger charge is -2.60. The van der Waals surface area contributed by atoms with Crippen LogP contribution in [0.4, 0.5) is 0 Å². The van der Waals surface area contributed by atoms with Crippen LogP contribution in [0.25, 0.3) is 0 Å². The van der Waals surface area contributed by atoms with Crippen molar-refractivity contribution >= 4 is 5.78 Å². The summed E-state index contributed by atoms with van der Waals surface area (Å²) >= 11 is 0. The van der Waals surface area contributed by atoms with Crippen molar-refractivity contribution in [1.82, 2.24) is 0 Å². The molecule has 4 aliphatic carbocycles. The molecule has 0 bridgehead atoms. The number of carbonyl (C=O) groups is 1. The Labute approximate surface area is 174 Å². The number of rotatable bonds is 4. The van der Waals surface area contributed by atoms with Crippen LogP contribution in [0.1, 0.15) is 98.8 Å². The first kappa shape index (κ1) is 20.7. The van der Waals surface area contributed by atoms with Gasteiger partial charge in [0.15, 0.2) is 0 Å². The van der Waals surface area contributed by atoms with Gasteiger partial charge >= 0.3 is 0 Å². The molecule has 0 spiro atoms. The molecule has 8 unspecified atom stereocenters. The molecule has 28 heavy (non-hydrogen) atoms. The quantitative estimate of drug-likeness (QED) is 0.460. The van der Waals surface area contributed by atoms with Crippen molar-refractivity contribution in [3.8, 4) is 0 Å². The van der Waals surface area contributed by atoms with Crippen molar-refractivity contribution in [2.24, 2.45) is 52.3 Å². The lowest BCUT2D eigenvalue weighted by molar-refractivity contribution is -0.125. The van der Waals surface area contributed by atoms with Crippen LogP contribution in [0.2, 0.25) is 0 Å². The molecule has 0 heterocycles. The highest BCUT2D eigenvalue weighted by molar-refractivity contribution is 5.85. The lowest BCUT2D eigenvalue weighted by Crippen LogP contribution is -2.53. The van der Waals surface area contributed by atoms with Gasteiger partial charge in [-0.25, -0.2) is 0 Å². The predicted molar refractivity (Wildman–Crippen MR) is 118 cm³/mol. The number of allylic oxidation sites excluding steroid dienone is 2. The Balaban J connectivity index is 1.55. The van der Waals surface area contributed by atoms with Crippen LogP contribution in [0, 0.1) is 52.3 Å². The maximum Gasteiger partial charge on any atom is 0.137 e. The van der Waals surface area contributed by atoms with E-state index in [1.807, 2.05) is 0 Å². The van der Waals surface area contributed by atoms with Gasteiger partial charge in [-0.1, -0.05) is 59.6 Å². The third kappa shape index (κ3) is 3.24. The molecule has 4 fully saturated rings. The zero-order chi connectivity index (χ0) is 20.1. The van der Waals surface area contributed by atoms with Gasteiger partial charge in [0.25, 0.3) is 0 Å². The van der Waals surface area contributed by atoms with Crippen LogP contribution in [0.3, 0.4) is 0 Å². The topological polar surface area (TPSA) is 17.1 Å². The van der Waals surface area contributed by atoms with Crippen LogP contribution in [-0.2, 0) is 4.79 Å². The summed E-state index contributed by atoms with van der Waals surface area (Å²) in [6.07, 6.45) is 18.1. The van der Waals surface area contributed by atoms with E-state index in [0.29, 0.717) is 29.0 Å². The number of carbonyl (C=O) groups excluding carboxylic acids is 1. The standard InChI is InChI=1S/C27H44O/c1-18(2)9-8-10-19(3)25-24(28)17-23-21-13-12-20-11-6-7-15-26(20,4)22(21)14-16-27(23,25)5/h8,10,18-23,25H,6-7,9,11-17H2,1-5H3. The Morgan fingerprint density at radius 1 is 0.964 bits per heavy atom. The first-order chi connectivity index (χ1) is 13.3. The summed E-state index contributed by atoms with van der Waals surface area (Å²) in [5.41, 5.74) is 0.824. The van der Waals surface area contributed by atoms with E-state index in [2.05, 4.69) is 46.8 Å². The number of hydrogen-bond donors (Lipinski definition) is 0. The molecule has 0 amide bonds. The van der Waals surface area contributed by atoms with E-state index >= 15 is 0 Å². The number of hydrogen-bond acceptors (Lipinski definition) is 1. The van der Waals surface area contributed by atoms with Gasteiger partial charge in [0.2, 0.25) is 0 Å². The van der Waals surface area contributed by atoms with Crippen molar-refractivity contribution < 1.29 is 4.79 Å². The van der Waals surface area contributed by atoms with Gasteiger partial charge in [0.05, 0.1) is 0 Å². The summed E-state index contributed by atoms with van der Waals surface area (Å²) in [5, 5.41) is 0. The van der Waals surface area contributed by atoms with Crippen molar-refractivity contribution in [2.75, 3.05) is 0 Å². The summed E-state index contributed by atoms with van der Waals surface area (Å²) < 4.78 is 0. The Morgan fingerprint density at radius 3 is 2.50 bits per heavy atom. The third-order valence-corrected chi connectivity index (χ3v) is 10.1. The molecular formula is C27H44O. The fourth-order valence-corrected chi connectivity index (χ4v) is 8.70. The van der Waals surface area contributed by atoms with Crippen molar-refractivity contribution in [3.05, 3.63) is 12.2 Å². The minimum atomic E-state index is 0.248. The Kier molecular flexibility index (Phi) is 5.60. The highest BCUT2D eigenvalue weighted by Crippen LogP contribution is 2.67. The molecular weight excluding hydrogens is 340 g/mol. The summed E-state index contributed by atoms with van der Waals surface area (Å²) in [4.78, 5) is 13.3. The SMILES string of the molecule is CC(C)CC=CC(C)C1C(=O)CC2C3CCC4CCCCC4(C)C3CCC21C. The molecule has 4 rings (SSSR count). The highest BCUT2D eigenvalue weighted by atomic mass is 16.1. The van der Waals surface area contributed by atoms with Crippen LogP contribution in [0.15, 0.2) is 12.2 Å². The van der Waals surface area contributed by atoms with Gasteiger partial charge in [0, 0.05) is 12.3 Å². The fourth-order valence-electron chi connectivity index (χ4n) is 8.70. The van der Waals surface area contributed by atoms with Gasteiger partial charge in [-0.3, -0.25) is 4.79 Å². The smallest absolute Gasteiger partial charge is 0.137 e. The first-order valence-electron chi connectivity index (χ1n) is 12.5. The Hall–Kier alpha value is -0.590. The van der Waals surface area contributed by atoms with Gasteiger partial charge in [-0.05, 0) is 91.3 Å². The molecule has 0 saturated heterocycles. The maximum absolute atomic E-state index is 13.3. The highest BCUT2D eigenvalue weighted by Gasteiger charge is 2.62. The van der Waals surface area contributed by atoms with E-state index in [1.165, 1.54) is 51.4 Å². The Morgan fingerprint density at radius 2 is 1.75 bits per heavy atom. The summed E-state index contributed by atoms with van der Waals surface area (Å²) in [6, 6.07) is 0. The fraction of sp³-hybridized carbons (Fsp3) is 0.889. The molecule has 1 heteroatoms. The van der Waals surface area contributed by atoms with E-state index in [1.54, 1.807) is 0 Å². The molecule has 158 valence electrons. The second kappa shape index (κ2) is 7.59. The van der Waals surface area contributed by atoms with Crippen molar-refractivity contribution in [3.63, 3.8) is 0 Å². The average molecular weight is 385 g/mol. The van der Waals surface area contributed by atoms with E-state index in [9.17, 15) is 4.79 Å². The zero-order valence-electron chi connectivity index (χ0n) is 19.2. The molecule has 4 aliphatic rings. The summed E-state index contributed by atoms with van der Waals surface area (Å²) in [5.74, 6) is 5.29. The van der Waals surface area contributed by atoms with Crippen LogP contribution >= 0.6 is 0 Å². The van der Waals surface area contributed by atoms with E-state index in [-0.39, 0.29) is 11.3 Å². The van der Waals surface area contributed by atoms with Crippen molar-refractivity contribution in [1.29, 1.82) is 0 Å². The largest absolute Gasteiger partial charge is 0.299 e. The average Bonchev–Trinajstić information content (AvgIpc) is 2.91. The normalized spacial score (nSPS) is 47.1. The van der Waals surface area contributed by atoms with Gasteiger partial charge < -0.3 is 0 Å². The Bertz CT molecular complexity index is 618. The second-order valence-electron chi connectivity index (χ2n) is 12.0. The number of fused-ring (bicyclic) bond motifs is 5. The van der Waals surface area contributed by atoms with Crippen LogP contribution < -0.4 is 0 Å². The molecule has 4 saturated carbocycles. The number of ketones is 1. The lowest BCUT2D eigenvalue weighted by atomic mass is 9.44. The molecule has 0 aromatic heterocycles. The van der Waals surface area contributed by atoms with E-state index in [0.717, 1.165) is 30.6 Å². The molecule has 1 nitrogen and oxygen atoms in total. The molecule has 0 aromatic rings. The third-order valence-electron chi connectivity index (χ3n) is 10.1. The second-order valence-corrected chi connectivity index (χ2v) is 12.0. The molecule has 0 aliphatic heterocycles. The zero-order valence-corrected chi connectivity index (χ0v) is 19.2. The number of Topliss-reactive ketones (excluding diaryl/α,β-unsaturated/α-hetero) is 1. The molecule has 0 radical (unpaired) electrons. The van der Waals surface area contributed by atoms with Gasteiger partial charge in [-0.2, -0.15) is 0 Å². The minimum absolute atomic E-state index is 0.248. The van der Waals surface area contributed by atoms with E-state index in [4.69, 9.17) is 0 Å². The summed E-state index contributed by atoms with van der Waals surface area (Å²) in [7, 11) is 0. The molecule has 0 N–H and O–H groups in total. The molecule has 8 atom stereocenters.